The highest BCUT2D eigenvalue weighted by atomic mass is 19.1. The zero-order valence-corrected chi connectivity index (χ0v) is 23.5. The molecule has 2 unspecified atom stereocenters. The number of halogens is 1. The van der Waals surface area contributed by atoms with E-state index in [0.717, 1.165) is 43.0 Å². The number of aryl methyl sites for hydroxylation is 1. The first-order valence-corrected chi connectivity index (χ1v) is 14.4. The molecular formula is C36H31FN2O4. The first-order chi connectivity index (χ1) is 20.9. The van der Waals surface area contributed by atoms with E-state index in [2.05, 4.69) is 64.9 Å². The molecule has 3 N–H and O–H groups in total. The fourth-order valence-electron chi connectivity index (χ4n) is 6.55. The van der Waals surface area contributed by atoms with Crippen LogP contribution in [0.4, 0.5) is 4.39 Å². The van der Waals surface area contributed by atoms with E-state index in [9.17, 15) is 14.0 Å². The van der Waals surface area contributed by atoms with Crippen LogP contribution in [0.5, 0.6) is 0 Å². The van der Waals surface area contributed by atoms with Crippen LogP contribution < -0.4 is 5.32 Å². The minimum absolute atomic E-state index is 0.145. The Balaban J connectivity index is 0.000000365. The molecule has 2 atom stereocenters. The van der Waals surface area contributed by atoms with Crippen LogP contribution in [0.1, 0.15) is 34.6 Å². The van der Waals surface area contributed by atoms with Crippen molar-refractivity contribution in [3.63, 3.8) is 0 Å². The van der Waals surface area contributed by atoms with Crippen LogP contribution >= 0.6 is 0 Å². The van der Waals surface area contributed by atoms with Crippen molar-refractivity contribution < 1.29 is 24.2 Å². The molecule has 7 rings (SSSR count). The highest BCUT2D eigenvalue weighted by Gasteiger charge is 2.26. The lowest BCUT2D eigenvalue weighted by Gasteiger charge is -2.29. The third kappa shape index (κ3) is 5.84. The van der Waals surface area contributed by atoms with E-state index in [4.69, 9.17) is 10.2 Å². The molecule has 0 aromatic heterocycles. The summed E-state index contributed by atoms with van der Waals surface area (Å²) in [6.07, 6.45) is 7.20. The fraction of sp³-hybridized carbons (Fsp3) is 0.194. The lowest BCUT2D eigenvalue weighted by Crippen LogP contribution is -2.28. The molecule has 0 saturated heterocycles. The summed E-state index contributed by atoms with van der Waals surface area (Å²) < 4.78 is 14.4. The van der Waals surface area contributed by atoms with Crippen molar-refractivity contribution in [1.29, 1.82) is 0 Å². The van der Waals surface area contributed by atoms with Gasteiger partial charge < -0.3 is 15.5 Å². The van der Waals surface area contributed by atoms with E-state index in [1.807, 2.05) is 24.5 Å². The second kappa shape index (κ2) is 12.1. The number of aliphatic carboxylic acids is 2. The average molecular weight is 575 g/mol. The van der Waals surface area contributed by atoms with Crippen molar-refractivity contribution in [2.75, 3.05) is 6.54 Å². The fourth-order valence-corrected chi connectivity index (χ4v) is 6.55. The highest BCUT2D eigenvalue weighted by Crippen LogP contribution is 2.40. The van der Waals surface area contributed by atoms with Crippen molar-refractivity contribution >= 4 is 50.6 Å². The van der Waals surface area contributed by atoms with Crippen LogP contribution in [0.25, 0.3) is 32.3 Å². The first-order valence-electron chi connectivity index (χ1n) is 14.4. The molecular weight excluding hydrogens is 543 g/mol. The SMILES string of the molecule is Fc1cccc2c1ccc1c3c(ccc12)CC(c1ccc2ccccc2c1CC1CN=CN1)CC3.O=C(O)/C=C/C(=O)O. The van der Waals surface area contributed by atoms with Crippen molar-refractivity contribution in [3.05, 3.63) is 119 Å². The summed E-state index contributed by atoms with van der Waals surface area (Å²) >= 11 is 0. The lowest BCUT2D eigenvalue weighted by molar-refractivity contribution is -0.134. The van der Waals surface area contributed by atoms with Gasteiger partial charge in [0.1, 0.15) is 5.82 Å². The number of hydrogen-bond donors (Lipinski definition) is 3. The molecule has 43 heavy (non-hydrogen) atoms. The van der Waals surface area contributed by atoms with Crippen molar-refractivity contribution in [1.82, 2.24) is 5.32 Å². The summed E-state index contributed by atoms with van der Waals surface area (Å²) in [5.74, 6) is -2.16. The number of nitrogens with zero attached hydrogens (tertiary/aromatic N) is 1. The summed E-state index contributed by atoms with van der Waals surface area (Å²) in [5, 5.41) is 25.9. The van der Waals surface area contributed by atoms with Gasteiger partial charge in [-0.15, -0.1) is 0 Å². The molecule has 0 spiro atoms. The molecule has 5 aromatic rings. The third-order valence-corrected chi connectivity index (χ3v) is 8.49. The molecule has 1 aliphatic carbocycles. The lowest BCUT2D eigenvalue weighted by atomic mass is 9.76. The van der Waals surface area contributed by atoms with E-state index in [-0.39, 0.29) is 5.82 Å². The van der Waals surface area contributed by atoms with Crippen LogP contribution in [-0.2, 0) is 28.9 Å². The number of benzene rings is 5. The quantitative estimate of drug-likeness (QED) is 0.158. The predicted octanol–water partition coefficient (Wildman–Crippen LogP) is 6.81. The van der Waals surface area contributed by atoms with Crippen LogP contribution in [0, 0.1) is 5.82 Å². The maximum Gasteiger partial charge on any atom is 0.328 e. The number of fused-ring (bicyclic) bond motifs is 6. The van der Waals surface area contributed by atoms with Crippen molar-refractivity contribution in [3.8, 4) is 0 Å². The molecule has 0 fully saturated rings. The molecule has 1 heterocycles. The predicted molar refractivity (Wildman–Crippen MR) is 169 cm³/mol. The standard InChI is InChI=1S/C32H27FN2.C4H4O4/c33-32-7-3-6-27-29-13-10-21-16-22(9-12-25(21)28(29)14-15-30(27)32)26-11-8-20-4-1-2-5-24(20)31(26)17-23-18-34-19-35-23;5-3(6)1-2-4(7)8/h1-8,10-11,13-15,19,22-23H,9,12,16-18H2,(H,34,35);1-2H,(H,5,6)(H,7,8)/b;2-1+. The van der Waals surface area contributed by atoms with Gasteiger partial charge in [0.05, 0.1) is 18.9 Å². The summed E-state index contributed by atoms with van der Waals surface area (Å²) in [5.41, 5.74) is 5.84. The van der Waals surface area contributed by atoms with Gasteiger partial charge in [-0.05, 0) is 86.9 Å². The van der Waals surface area contributed by atoms with Crippen LogP contribution in [-0.4, -0.2) is 41.1 Å². The zero-order valence-electron chi connectivity index (χ0n) is 23.5. The Morgan fingerprint density at radius 1 is 0.837 bits per heavy atom. The van der Waals surface area contributed by atoms with Crippen LogP contribution in [0.3, 0.4) is 0 Å². The largest absolute Gasteiger partial charge is 0.478 e. The van der Waals surface area contributed by atoms with Gasteiger partial charge in [-0.3, -0.25) is 4.99 Å². The average Bonchev–Trinajstić information content (AvgIpc) is 3.53. The van der Waals surface area contributed by atoms with E-state index < -0.39 is 11.9 Å². The second-order valence-corrected chi connectivity index (χ2v) is 11.1. The molecule has 2 aliphatic rings. The summed E-state index contributed by atoms with van der Waals surface area (Å²) in [4.78, 5) is 23.5. The Morgan fingerprint density at radius 3 is 2.33 bits per heavy atom. The molecule has 7 heteroatoms. The Bertz CT molecular complexity index is 1910. The van der Waals surface area contributed by atoms with E-state index in [1.165, 1.54) is 38.4 Å². The normalized spacial score (nSPS) is 17.5. The molecule has 1 aliphatic heterocycles. The van der Waals surface area contributed by atoms with Gasteiger partial charge in [-0.1, -0.05) is 72.8 Å². The second-order valence-electron chi connectivity index (χ2n) is 11.1. The van der Waals surface area contributed by atoms with Gasteiger partial charge in [0, 0.05) is 17.5 Å². The minimum Gasteiger partial charge on any atom is -0.478 e. The number of rotatable bonds is 5. The Hall–Kier alpha value is -5.04. The smallest absolute Gasteiger partial charge is 0.328 e. The molecule has 5 aromatic carbocycles. The molecule has 0 amide bonds. The molecule has 6 nitrogen and oxygen atoms in total. The van der Waals surface area contributed by atoms with Gasteiger partial charge in [0.2, 0.25) is 0 Å². The van der Waals surface area contributed by atoms with Crippen LogP contribution in [0.2, 0.25) is 0 Å². The van der Waals surface area contributed by atoms with Gasteiger partial charge in [-0.25, -0.2) is 14.0 Å². The van der Waals surface area contributed by atoms with E-state index in [1.54, 1.807) is 6.07 Å². The molecule has 0 saturated carbocycles. The Labute approximate surface area is 248 Å². The van der Waals surface area contributed by atoms with Gasteiger partial charge in [-0.2, -0.15) is 0 Å². The maximum absolute atomic E-state index is 14.4. The Morgan fingerprint density at radius 2 is 1.56 bits per heavy atom. The van der Waals surface area contributed by atoms with Crippen LogP contribution in [0.15, 0.2) is 96.0 Å². The number of carboxylic acid groups (broad SMARTS) is 2. The monoisotopic (exact) mass is 574 g/mol. The maximum atomic E-state index is 14.4. The zero-order chi connectivity index (χ0) is 29.9. The molecule has 0 bridgehead atoms. The highest BCUT2D eigenvalue weighted by molar-refractivity contribution is 6.09. The molecule has 216 valence electrons. The van der Waals surface area contributed by atoms with E-state index >= 15 is 0 Å². The minimum atomic E-state index is -1.26. The van der Waals surface area contributed by atoms with E-state index in [0.29, 0.717) is 29.5 Å². The summed E-state index contributed by atoms with van der Waals surface area (Å²) in [7, 11) is 0. The number of aliphatic imine (C=N–C) groups is 1. The number of hydrogen-bond acceptors (Lipinski definition) is 4. The van der Waals surface area contributed by atoms with Gasteiger partial charge in [0.25, 0.3) is 0 Å². The number of carboxylic acids is 2. The number of nitrogens with one attached hydrogen (secondary N) is 1. The number of carbonyl (C=O) groups is 2. The Kier molecular flexibility index (Phi) is 7.88. The van der Waals surface area contributed by atoms with Crippen molar-refractivity contribution in [2.24, 2.45) is 4.99 Å². The van der Waals surface area contributed by atoms with Gasteiger partial charge in [0.15, 0.2) is 0 Å². The topological polar surface area (TPSA) is 99.0 Å². The van der Waals surface area contributed by atoms with Gasteiger partial charge >= 0.3 is 11.9 Å². The molecule has 0 radical (unpaired) electrons. The first kappa shape index (κ1) is 28.1. The third-order valence-electron chi connectivity index (χ3n) is 8.49. The van der Waals surface area contributed by atoms with Crippen molar-refractivity contribution in [2.45, 2.75) is 37.6 Å². The summed E-state index contributed by atoms with van der Waals surface area (Å²) in [6.45, 7) is 0.844. The summed E-state index contributed by atoms with van der Waals surface area (Å²) in [6, 6.07) is 27.8.